The summed E-state index contributed by atoms with van der Waals surface area (Å²) < 4.78 is 78.8. The van der Waals surface area contributed by atoms with Gasteiger partial charge >= 0.3 is 10.4 Å². The molecular formula is C41H86N10O18S. The Morgan fingerprint density at radius 1 is 0.557 bits per heavy atom. The maximum Gasteiger partial charge on any atom is 0.394 e. The molecule has 28 nitrogen and oxygen atoms in total. The van der Waals surface area contributed by atoms with Crippen molar-refractivity contribution in [2.45, 2.75) is 224 Å². The van der Waals surface area contributed by atoms with Crippen LogP contribution in [0.25, 0.3) is 0 Å². The molecular weight excluding hydrogens is 953 g/mol. The van der Waals surface area contributed by atoms with Crippen LogP contribution in [0.2, 0.25) is 0 Å². The molecule has 2 aliphatic carbocycles. The van der Waals surface area contributed by atoms with E-state index in [1.54, 1.807) is 27.9 Å². The number of nitrogens with two attached hydrogens (primary N) is 7. The van der Waals surface area contributed by atoms with Crippen LogP contribution in [0.5, 0.6) is 0 Å². The zero-order chi connectivity index (χ0) is 52.8. The minimum absolute atomic E-state index is 0.0620. The highest BCUT2D eigenvalue weighted by Crippen LogP contribution is 2.34. The molecule has 29 heteroatoms. The molecule has 6 aliphatic rings. The van der Waals surface area contributed by atoms with E-state index in [0.717, 1.165) is 12.8 Å². The Labute approximate surface area is 410 Å². The summed E-state index contributed by atoms with van der Waals surface area (Å²) in [5.74, 6) is 0. The Kier molecular flexibility index (Phi) is 22.9. The second-order valence-electron chi connectivity index (χ2n) is 20.1. The predicted molar refractivity (Wildman–Crippen MR) is 249 cm³/mol. The fraction of sp³-hybridized carbons (Fsp3) is 1.00. The van der Waals surface area contributed by atoms with Crippen molar-refractivity contribution in [1.82, 2.24) is 16.0 Å². The summed E-state index contributed by atoms with van der Waals surface area (Å²) in [6, 6.07) is -4.58. The van der Waals surface area contributed by atoms with E-state index in [0.29, 0.717) is 25.7 Å². The zero-order valence-corrected chi connectivity index (χ0v) is 41.9. The van der Waals surface area contributed by atoms with Gasteiger partial charge in [-0.1, -0.05) is 0 Å². The second kappa shape index (κ2) is 26.1. The quantitative estimate of drug-likeness (QED) is 0.0762. The summed E-state index contributed by atoms with van der Waals surface area (Å²) in [6.45, 7) is 6.87. The normalized spacial score (nSPS) is 48.0. The number of aliphatic hydroxyl groups excluding tert-OH is 4. The standard InChI is InChI=1S/C21H43N5O7.C20H41N5O7.H2O4S/c1-9(25-3)13-6-5-10(22)19(31-13)32-16-11(23)7-12(24)17(14(16)27)33-20-15(28)18(26-4)21(2,29)8-30-20;1-8(21)12-5-4-9(22)18(30-12)31-15-10(23)6-11(24)16(13(15)26)32-19-14(27)17(25-3)20(2,28)7-29-19;1-5(2,3)4/h9-20,25-29H,5-8,22-24H2,1-4H3;8-19,25-28H,4-7,21-24H2,1-3H3;(H2,1,2,3,4)/t9-,10-,11+,12-,13+,14+,15-,16-,17+,18-,19-,20-,21+;8-,9-,10+,11-,12+,13+,14-,15-,16+,17-,18-,19-,20+;/m11./s1. The van der Waals surface area contributed by atoms with E-state index in [1.165, 1.54) is 0 Å². The highest BCUT2D eigenvalue weighted by molar-refractivity contribution is 7.79. The summed E-state index contributed by atoms with van der Waals surface area (Å²) in [5.41, 5.74) is 40.9. The van der Waals surface area contributed by atoms with Crippen LogP contribution in [-0.4, -0.2) is 240 Å². The number of ether oxygens (including phenoxy) is 8. The van der Waals surface area contributed by atoms with Gasteiger partial charge in [0.25, 0.3) is 0 Å². The van der Waals surface area contributed by atoms with Crippen LogP contribution in [0.3, 0.4) is 0 Å². The van der Waals surface area contributed by atoms with Crippen LogP contribution < -0.4 is 56.1 Å². The van der Waals surface area contributed by atoms with E-state index < -0.39 is 132 Å². The van der Waals surface area contributed by atoms with E-state index in [9.17, 15) is 30.6 Å². The number of likely N-dealkylation sites (N-methyl/N-ethyl adjacent to an activating group) is 3. The molecule has 0 aromatic rings. The monoisotopic (exact) mass is 1040 g/mol. The lowest BCUT2D eigenvalue weighted by Gasteiger charge is -2.48. The molecule has 0 aromatic heterocycles. The molecule has 4 aliphatic heterocycles. The molecule has 0 radical (unpaired) electrons. The third kappa shape index (κ3) is 16.0. The van der Waals surface area contributed by atoms with Gasteiger partial charge in [-0.15, -0.1) is 0 Å². The highest BCUT2D eigenvalue weighted by Gasteiger charge is 2.53. The molecule has 6 rings (SSSR count). The summed E-state index contributed by atoms with van der Waals surface area (Å²) in [4.78, 5) is 0. The maximum absolute atomic E-state index is 11.1. The van der Waals surface area contributed by atoms with Crippen LogP contribution in [0.15, 0.2) is 0 Å². The number of nitrogens with one attached hydrogen (secondary N) is 3. The van der Waals surface area contributed by atoms with Gasteiger partial charge in [-0.2, -0.15) is 8.42 Å². The van der Waals surface area contributed by atoms with Crippen molar-refractivity contribution in [3.63, 3.8) is 0 Å². The Morgan fingerprint density at radius 2 is 0.871 bits per heavy atom. The number of aliphatic hydroxyl groups is 6. The second-order valence-corrected chi connectivity index (χ2v) is 20.9. The van der Waals surface area contributed by atoms with Gasteiger partial charge in [0.15, 0.2) is 25.2 Å². The van der Waals surface area contributed by atoms with E-state index in [-0.39, 0.29) is 49.6 Å². The van der Waals surface area contributed by atoms with Gasteiger partial charge in [0.05, 0.1) is 49.6 Å². The zero-order valence-electron chi connectivity index (χ0n) is 41.1. The average Bonchev–Trinajstić information content (AvgIpc) is 3.25. The fourth-order valence-corrected chi connectivity index (χ4v) is 9.90. The lowest BCUT2D eigenvalue weighted by Crippen LogP contribution is -2.68. The van der Waals surface area contributed by atoms with Crippen molar-refractivity contribution < 1.29 is 86.1 Å². The first-order valence-electron chi connectivity index (χ1n) is 23.8. The number of hydrogen-bond donors (Lipinski definition) is 18. The molecule has 6 fully saturated rings. The third-order valence-corrected chi connectivity index (χ3v) is 14.1. The largest absolute Gasteiger partial charge is 0.394 e. The highest BCUT2D eigenvalue weighted by atomic mass is 32.3. The van der Waals surface area contributed by atoms with Gasteiger partial charge in [0, 0.05) is 36.3 Å². The average molecular weight is 1040 g/mol. The van der Waals surface area contributed by atoms with Crippen molar-refractivity contribution in [1.29, 1.82) is 0 Å². The van der Waals surface area contributed by atoms with Crippen molar-refractivity contribution in [2.75, 3.05) is 34.4 Å². The number of rotatable bonds is 13. The molecule has 26 atom stereocenters. The summed E-state index contributed by atoms with van der Waals surface area (Å²) >= 11 is 0. The topological polar surface area (TPSA) is 488 Å². The van der Waals surface area contributed by atoms with E-state index in [2.05, 4.69) is 16.0 Å². The molecule has 4 heterocycles. The van der Waals surface area contributed by atoms with E-state index in [1.807, 2.05) is 20.9 Å². The molecule has 4 saturated heterocycles. The number of hydrogen-bond acceptors (Lipinski definition) is 26. The van der Waals surface area contributed by atoms with Crippen molar-refractivity contribution in [3.8, 4) is 0 Å². The maximum atomic E-state index is 11.1. The van der Waals surface area contributed by atoms with Crippen LogP contribution in [0.1, 0.15) is 66.2 Å². The summed E-state index contributed by atoms with van der Waals surface area (Å²) in [6.07, 6.45) is -8.81. The molecule has 25 N–H and O–H groups in total. The molecule has 0 bridgehead atoms. The lowest BCUT2D eigenvalue weighted by molar-refractivity contribution is -0.307. The van der Waals surface area contributed by atoms with Gasteiger partial charge < -0.3 is 125 Å². The van der Waals surface area contributed by atoms with Crippen molar-refractivity contribution >= 4 is 10.4 Å². The van der Waals surface area contributed by atoms with Gasteiger partial charge in [-0.05, 0) is 87.4 Å². The first-order valence-corrected chi connectivity index (χ1v) is 25.2. The first kappa shape index (κ1) is 61.5. The van der Waals surface area contributed by atoms with Gasteiger partial charge in [0.1, 0.15) is 60.0 Å². The lowest BCUT2D eigenvalue weighted by atomic mass is 9.84. The SMILES string of the molecule is CN[C@@H]1[C@@H](O)[C@@H](O[C@@H]2[C@@H](O)[C@H](O[C@H]3O[C@H]([C@@H](C)N)CC[C@H]3N)[C@@H](N)C[C@H]2N)OC[C@]1(C)O.CN[C@@H]1[C@@H](O)[C@@H](O[C@@H]2[C@@H](O)[C@H](O[C@H]3O[C@H]([C@@H](C)NC)CC[C@H]3N)[C@@H](N)C[C@H]2N)OC[C@]1(C)O.O=S(=O)(O)O. The van der Waals surface area contributed by atoms with E-state index in [4.69, 9.17) is 95.6 Å². The van der Waals surface area contributed by atoms with Gasteiger partial charge in [-0.3, -0.25) is 9.11 Å². The minimum atomic E-state index is -4.67. The van der Waals surface area contributed by atoms with Crippen LogP contribution in [0.4, 0.5) is 0 Å². The van der Waals surface area contributed by atoms with Gasteiger partial charge in [0.2, 0.25) is 0 Å². The van der Waals surface area contributed by atoms with Crippen LogP contribution in [0, 0.1) is 0 Å². The third-order valence-electron chi connectivity index (χ3n) is 14.1. The predicted octanol–water partition coefficient (Wildman–Crippen LogP) is -7.57. The van der Waals surface area contributed by atoms with Crippen LogP contribution in [-0.2, 0) is 48.3 Å². The molecule has 70 heavy (non-hydrogen) atoms. The smallest absolute Gasteiger partial charge is 0.388 e. The van der Waals surface area contributed by atoms with E-state index >= 15 is 0 Å². The van der Waals surface area contributed by atoms with Gasteiger partial charge in [-0.25, -0.2) is 0 Å². The van der Waals surface area contributed by atoms with Crippen molar-refractivity contribution in [2.24, 2.45) is 40.1 Å². The Bertz CT molecular complexity index is 1680. The molecule has 0 amide bonds. The molecule has 0 aromatic carbocycles. The molecule has 0 spiro atoms. The Morgan fingerprint density at radius 3 is 1.19 bits per heavy atom. The Hall–Kier alpha value is -1.09. The van der Waals surface area contributed by atoms with Crippen LogP contribution >= 0.6 is 0 Å². The summed E-state index contributed by atoms with van der Waals surface area (Å²) in [5, 5.41) is 73.4. The summed E-state index contributed by atoms with van der Waals surface area (Å²) in [7, 11) is 0.449. The molecule has 0 unspecified atom stereocenters. The minimum Gasteiger partial charge on any atom is -0.388 e. The molecule has 414 valence electrons. The first-order chi connectivity index (χ1) is 32.5. The van der Waals surface area contributed by atoms with Crippen molar-refractivity contribution in [3.05, 3.63) is 0 Å². The fourth-order valence-electron chi connectivity index (χ4n) is 9.90. The Balaban J connectivity index is 0.000000278. The molecule has 2 saturated carbocycles.